The van der Waals surface area contributed by atoms with E-state index in [0.29, 0.717) is 5.56 Å². The van der Waals surface area contributed by atoms with Gasteiger partial charge in [-0.1, -0.05) is 48.0 Å². The number of benzene rings is 3. The zero-order chi connectivity index (χ0) is 22.8. The summed E-state index contributed by atoms with van der Waals surface area (Å²) in [6.07, 6.45) is 2.90. The van der Waals surface area contributed by atoms with Crippen molar-refractivity contribution in [3.05, 3.63) is 95.3 Å². The number of rotatable bonds is 5. The van der Waals surface area contributed by atoms with Crippen molar-refractivity contribution in [1.29, 1.82) is 0 Å². The van der Waals surface area contributed by atoms with Crippen molar-refractivity contribution in [2.45, 2.75) is 20.3 Å². The van der Waals surface area contributed by atoms with Gasteiger partial charge in [0.2, 0.25) is 0 Å². The molecule has 0 radical (unpaired) electrons. The van der Waals surface area contributed by atoms with Crippen molar-refractivity contribution in [2.75, 3.05) is 32.7 Å². The summed E-state index contributed by atoms with van der Waals surface area (Å²) in [5.74, 6) is 0.0978. The third-order valence-corrected chi connectivity index (χ3v) is 6.63. The lowest BCUT2D eigenvalue weighted by molar-refractivity contribution is 0.0638. The van der Waals surface area contributed by atoms with Crippen molar-refractivity contribution < 1.29 is 4.79 Å². The molecule has 1 saturated heterocycles. The van der Waals surface area contributed by atoms with Crippen LogP contribution in [-0.2, 0) is 6.42 Å². The highest BCUT2D eigenvalue weighted by Gasteiger charge is 2.22. The molecule has 2 heterocycles. The van der Waals surface area contributed by atoms with Crippen LogP contribution < -0.4 is 0 Å². The predicted molar refractivity (Wildman–Crippen MR) is 133 cm³/mol. The average molecular weight is 439 g/mol. The smallest absolute Gasteiger partial charge is 0.254 e. The molecule has 33 heavy (non-hydrogen) atoms. The summed E-state index contributed by atoms with van der Waals surface area (Å²) in [7, 11) is 0. The standard InChI is InChI=1S/C28H30N4O/c1-21-8-10-26(22(2)18-21)32-20-29-25-19-24(9-11-27(25)32)28(33)31-16-14-30(15-17-31)13-12-23-6-4-3-5-7-23/h3-11,18-20H,12-17H2,1-2H3. The van der Waals surface area contributed by atoms with E-state index in [1.165, 1.54) is 16.7 Å². The summed E-state index contributed by atoms with van der Waals surface area (Å²) >= 11 is 0. The molecule has 5 heteroatoms. The van der Waals surface area contributed by atoms with E-state index in [1.807, 2.05) is 29.4 Å². The molecule has 0 bridgehead atoms. The minimum atomic E-state index is 0.0978. The Hall–Kier alpha value is -3.44. The number of fused-ring (bicyclic) bond motifs is 1. The number of nitrogens with zero attached hydrogens (tertiary/aromatic N) is 4. The lowest BCUT2D eigenvalue weighted by atomic mass is 10.1. The summed E-state index contributed by atoms with van der Waals surface area (Å²) in [6, 6.07) is 22.9. The van der Waals surface area contributed by atoms with Gasteiger partial charge in [-0.15, -0.1) is 0 Å². The third-order valence-electron chi connectivity index (χ3n) is 6.63. The van der Waals surface area contributed by atoms with Crippen molar-refractivity contribution in [3.8, 4) is 5.69 Å². The molecule has 1 amide bonds. The van der Waals surface area contributed by atoms with Crippen LogP contribution in [0.1, 0.15) is 27.0 Å². The Morgan fingerprint density at radius 3 is 2.45 bits per heavy atom. The molecule has 0 aliphatic carbocycles. The molecule has 1 fully saturated rings. The number of carbonyl (C=O) groups excluding carboxylic acids is 1. The molecule has 4 aromatic rings. The maximum absolute atomic E-state index is 13.2. The Morgan fingerprint density at radius 2 is 1.70 bits per heavy atom. The van der Waals surface area contributed by atoms with Crippen LogP contribution in [0.15, 0.2) is 73.1 Å². The summed E-state index contributed by atoms with van der Waals surface area (Å²) < 4.78 is 2.10. The summed E-state index contributed by atoms with van der Waals surface area (Å²) in [4.78, 5) is 22.2. The number of hydrogen-bond donors (Lipinski definition) is 0. The summed E-state index contributed by atoms with van der Waals surface area (Å²) in [5.41, 5.74) is 7.52. The van der Waals surface area contributed by atoms with Gasteiger partial charge in [0.15, 0.2) is 0 Å². The van der Waals surface area contributed by atoms with Gasteiger partial charge < -0.3 is 4.90 Å². The highest BCUT2D eigenvalue weighted by molar-refractivity contribution is 5.97. The highest BCUT2D eigenvalue weighted by Crippen LogP contribution is 2.23. The maximum Gasteiger partial charge on any atom is 0.254 e. The van der Waals surface area contributed by atoms with Gasteiger partial charge in [-0.05, 0) is 55.7 Å². The molecule has 0 unspecified atom stereocenters. The van der Waals surface area contributed by atoms with E-state index in [4.69, 9.17) is 0 Å². The van der Waals surface area contributed by atoms with E-state index in [-0.39, 0.29) is 5.91 Å². The molecule has 1 aliphatic rings. The van der Waals surface area contributed by atoms with Crippen LogP contribution in [0.25, 0.3) is 16.7 Å². The third kappa shape index (κ3) is 4.55. The van der Waals surface area contributed by atoms with Gasteiger partial charge in [0.25, 0.3) is 5.91 Å². The first-order valence-electron chi connectivity index (χ1n) is 11.7. The normalized spacial score (nSPS) is 14.7. The van der Waals surface area contributed by atoms with E-state index in [0.717, 1.165) is 55.9 Å². The zero-order valence-corrected chi connectivity index (χ0v) is 19.4. The van der Waals surface area contributed by atoms with Crippen molar-refractivity contribution in [3.63, 3.8) is 0 Å². The minimum Gasteiger partial charge on any atom is -0.336 e. The molecule has 0 spiro atoms. The van der Waals surface area contributed by atoms with Gasteiger partial charge in [0, 0.05) is 38.3 Å². The van der Waals surface area contributed by atoms with Crippen LogP contribution in [0.3, 0.4) is 0 Å². The minimum absolute atomic E-state index is 0.0978. The van der Waals surface area contributed by atoms with Gasteiger partial charge in [0.05, 0.1) is 16.7 Å². The molecule has 1 aliphatic heterocycles. The van der Waals surface area contributed by atoms with Gasteiger partial charge in [-0.2, -0.15) is 0 Å². The molecule has 0 N–H and O–H groups in total. The van der Waals surface area contributed by atoms with Gasteiger partial charge in [-0.3, -0.25) is 14.3 Å². The van der Waals surface area contributed by atoms with E-state index < -0.39 is 0 Å². The second-order valence-corrected chi connectivity index (χ2v) is 8.98. The largest absolute Gasteiger partial charge is 0.336 e. The second-order valence-electron chi connectivity index (χ2n) is 8.98. The Kier molecular flexibility index (Phi) is 5.97. The maximum atomic E-state index is 13.2. The number of aromatic nitrogens is 2. The monoisotopic (exact) mass is 438 g/mol. The Bertz CT molecular complexity index is 1270. The fraction of sp³-hybridized carbons (Fsp3) is 0.286. The van der Waals surface area contributed by atoms with E-state index in [1.54, 1.807) is 0 Å². The number of hydrogen-bond acceptors (Lipinski definition) is 3. The van der Waals surface area contributed by atoms with Crippen molar-refractivity contribution in [1.82, 2.24) is 19.4 Å². The quantitative estimate of drug-likeness (QED) is 0.456. The number of carbonyl (C=O) groups is 1. The Labute approximate surface area is 195 Å². The molecule has 0 saturated carbocycles. The molecule has 0 atom stereocenters. The molecule has 5 nitrogen and oxygen atoms in total. The molecular formula is C28H30N4O. The molecular weight excluding hydrogens is 408 g/mol. The first kappa shape index (κ1) is 21.4. The van der Waals surface area contributed by atoms with Crippen molar-refractivity contribution in [2.24, 2.45) is 0 Å². The zero-order valence-electron chi connectivity index (χ0n) is 19.4. The molecule has 5 rings (SSSR count). The number of imidazole rings is 1. The van der Waals surface area contributed by atoms with Gasteiger partial charge in [0.1, 0.15) is 6.33 Å². The Morgan fingerprint density at radius 1 is 0.909 bits per heavy atom. The number of amides is 1. The summed E-state index contributed by atoms with van der Waals surface area (Å²) in [5, 5.41) is 0. The Balaban J connectivity index is 1.25. The van der Waals surface area contributed by atoms with Crippen LogP contribution >= 0.6 is 0 Å². The summed E-state index contributed by atoms with van der Waals surface area (Å²) in [6.45, 7) is 8.62. The highest BCUT2D eigenvalue weighted by atomic mass is 16.2. The van der Waals surface area contributed by atoms with Crippen LogP contribution in [0.4, 0.5) is 0 Å². The van der Waals surface area contributed by atoms with Crippen LogP contribution in [0, 0.1) is 13.8 Å². The fourth-order valence-electron chi connectivity index (χ4n) is 4.70. The lowest BCUT2D eigenvalue weighted by Gasteiger charge is -2.34. The molecule has 1 aromatic heterocycles. The van der Waals surface area contributed by atoms with Crippen molar-refractivity contribution >= 4 is 16.9 Å². The second kappa shape index (κ2) is 9.20. The first-order valence-corrected chi connectivity index (χ1v) is 11.7. The van der Waals surface area contributed by atoms with Crippen LogP contribution in [-0.4, -0.2) is 58.0 Å². The van der Waals surface area contributed by atoms with Crippen LogP contribution in [0.2, 0.25) is 0 Å². The molecule has 3 aromatic carbocycles. The topological polar surface area (TPSA) is 41.4 Å². The fourth-order valence-corrected chi connectivity index (χ4v) is 4.70. The first-order chi connectivity index (χ1) is 16.1. The molecule has 168 valence electrons. The lowest BCUT2D eigenvalue weighted by Crippen LogP contribution is -2.49. The van der Waals surface area contributed by atoms with E-state index >= 15 is 0 Å². The van der Waals surface area contributed by atoms with Gasteiger partial charge in [-0.25, -0.2) is 4.98 Å². The predicted octanol–water partition coefficient (Wildman–Crippen LogP) is 4.64. The van der Waals surface area contributed by atoms with Gasteiger partial charge >= 0.3 is 0 Å². The van der Waals surface area contributed by atoms with E-state index in [9.17, 15) is 4.79 Å². The SMILES string of the molecule is Cc1ccc(-n2cnc3cc(C(=O)N4CCN(CCc5ccccc5)CC4)ccc32)c(C)c1. The number of piperazine rings is 1. The van der Waals surface area contributed by atoms with Crippen LogP contribution in [0.5, 0.6) is 0 Å². The van der Waals surface area contributed by atoms with E-state index in [2.05, 4.69) is 76.8 Å². The average Bonchev–Trinajstić information content (AvgIpc) is 3.26. The number of aryl methyl sites for hydroxylation is 2.